The van der Waals surface area contributed by atoms with Crippen molar-refractivity contribution in [1.29, 1.82) is 0 Å². The number of nitrogens with zero attached hydrogens (tertiary/aromatic N) is 2. The number of methoxy groups -OCH3 is 2. The van der Waals surface area contributed by atoms with Gasteiger partial charge in [0.1, 0.15) is 0 Å². The van der Waals surface area contributed by atoms with Crippen molar-refractivity contribution in [2.24, 2.45) is 0 Å². The summed E-state index contributed by atoms with van der Waals surface area (Å²) in [5, 5.41) is 8.60. The Bertz CT molecular complexity index is 398. The number of hydrogen-bond donors (Lipinski definition) is 1. The Morgan fingerprint density at radius 3 is 2.67 bits per heavy atom. The van der Waals surface area contributed by atoms with E-state index in [4.69, 9.17) is 21.1 Å². The molecular weight excluding hydrogens is 290 g/mol. The van der Waals surface area contributed by atoms with Gasteiger partial charge in [-0.2, -0.15) is 5.10 Å². The molecule has 5 nitrogen and oxygen atoms in total. The molecule has 122 valence electrons. The quantitative estimate of drug-likeness (QED) is 0.681. The van der Waals surface area contributed by atoms with Crippen molar-refractivity contribution in [3.63, 3.8) is 0 Å². The highest BCUT2D eigenvalue weighted by molar-refractivity contribution is 6.31. The van der Waals surface area contributed by atoms with Crippen molar-refractivity contribution >= 4 is 11.6 Å². The molecule has 2 unspecified atom stereocenters. The fourth-order valence-corrected chi connectivity index (χ4v) is 2.70. The summed E-state index contributed by atoms with van der Waals surface area (Å²) in [5.74, 6) is 0. The molecule has 0 bridgehead atoms. The van der Waals surface area contributed by atoms with Gasteiger partial charge in [0.05, 0.1) is 42.2 Å². The van der Waals surface area contributed by atoms with E-state index in [2.05, 4.69) is 24.3 Å². The highest BCUT2D eigenvalue weighted by atomic mass is 35.5. The Morgan fingerprint density at radius 1 is 1.33 bits per heavy atom. The molecule has 1 aromatic heterocycles. The average molecular weight is 318 g/mol. The predicted molar refractivity (Wildman–Crippen MR) is 85.9 cm³/mol. The minimum Gasteiger partial charge on any atom is -0.383 e. The van der Waals surface area contributed by atoms with Gasteiger partial charge >= 0.3 is 0 Å². The van der Waals surface area contributed by atoms with Crippen LogP contribution in [0, 0.1) is 0 Å². The number of ether oxygens (including phenoxy) is 2. The van der Waals surface area contributed by atoms with Crippen molar-refractivity contribution in [3.8, 4) is 0 Å². The minimum atomic E-state index is 0.0433. The number of nitrogens with one attached hydrogen (secondary N) is 1. The highest BCUT2D eigenvalue weighted by Gasteiger charge is 2.27. The van der Waals surface area contributed by atoms with Crippen LogP contribution in [0.5, 0.6) is 0 Å². The van der Waals surface area contributed by atoms with Crippen LogP contribution in [0.25, 0.3) is 0 Å². The minimum absolute atomic E-state index is 0.0433. The van der Waals surface area contributed by atoms with Gasteiger partial charge in [0.15, 0.2) is 0 Å². The van der Waals surface area contributed by atoms with Crippen molar-refractivity contribution < 1.29 is 9.47 Å². The lowest BCUT2D eigenvalue weighted by Gasteiger charge is -2.28. The van der Waals surface area contributed by atoms with E-state index in [1.165, 1.54) is 0 Å². The van der Waals surface area contributed by atoms with Crippen molar-refractivity contribution in [2.75, 3.05) is 27.4 Å². The van der Waals surface area contributed by atoms with Gasteiger partial charge < -0.3 is 14.8 Å². The van der Waals surface area contributed by atoms with Gasteiger partial charge in [-0.15, -0.1) is 0 Å². The molecule has 0 radical (unpaired) electrons. The lowest BCUT2D eigenvalue weighted by atomic mass is 10.0. The average Bonchev–Trinajstić information content (AvgIpc) is 2.85. The molecule has 0 saturated heterocycles. The second kappa shape index (κ2) is 10.2. The molecule has 0 spiro atoms. The Labute approximate surface area is 132 Å². The fourth-order valence-electron chi connectivity index (χ4n) is 2.45. The summed E-state index contributed by atoms with van der Waals surface area (Å²) < 4.78 is 12.8. The van der Waals surface area contributed by atoms with E-state index in [0.717, 1.165) is 31.5 Å². The number of hydrogen-bond acceptors (Lipinski definition) is 4. The molecule has 6 heteroatoms. The zero-order valence-corrected chi connectivity index (χ0v) is 14.3. The maximum absolute atomic E-state index is 6.38. The largest absolute Gasteiger partial charge is 0.383 e. The molecule has 0 aliphatic rings. The monoisotopic (exact) mass is 317 g/mol. The molecule has 0 amide bonds. The van der Waals surface area contributed by atoms with Crippen molar-refractivity contribution in [1.82, 2.24) is 15.1 Å². The first-order chi connectivity index (χ1) is 10.2. The van der Waals surface area contributed by atoms with Crippen LogP contribution in [0.15, 0.2) is 6.20 Å². The molecule has 0 fully saturated rings. The third-order valence-corrected chi connectivity index (χ3v) is 3.79. The molecule has 21 heavy (non-hydrogen) atoms. The van der Waals surface area contributed by atoms with E-state index in [1.807, 2.05) is 4.68 Å². The number of aromatic nitrogens is 2. The molecule has 1 aromatic rings. The van der Waals surface area contributed by atoms with E-state index in [9.17, 15) is 0 Å². The molecule has 0 aliphatic carbocycles. The standard InChI is InChI=1S/C15H28ClN3O2/c1-5-7-13(21-4)14(17-8-6-2)15-12(16)11-18-19(15)9-10-20-3/h11,13-14,17H,5-10H2,1-4H3. The first-order valence-corrected chi connectivity index (χ1v) is 8.03. The molecule has 0 aliphatic heterocycles. The van der Waals surface area contributed by atoms with Crippen molar-refractivity contribution in [3.05, 3.63) is 16.9 Å². The third-order valence-electron chi connectivity index (χ3n) is 3.50. The topological polar surface area (TPSA) is 48.3 Å². The summed E-state index contributed by atoms with van der Waals surface area (Å²) in [4.78, 5) is 0. The van der Waals surface area contributed by atoms with E-state index < -0.39 is 0 Å². The normalized spacial score (nSPS) is 14.3. The Morgan fingerprint density at radius 2 is 2.10 bits per heavy atom. The summed E-state index contributed by atoms with van der Waals surface area (Å²) >= 11 is 6.38. The van der Waals surface area contributed by atoms with Crippen LogP contribution >= 0.6 is 11.6 Å². The second-order valence-corrected chi connectivity index (χ2v) is 5.50. The Balaban J connectivity index is 3.02. The molecular formula is C15H28ClN3O2. The van der Waals surface area contributed by atoms with Crippen LogP contribution in [0.4, 0.5) is 0 Å². The Kier molecular flexibility index (Phi) is 8.92. The molecule has 2 atom stereocenters. The van der Waals surface area contributed by atoms with Crippen LogP contribution in [0.3, 0.4) is 0 Å². The first-order valence-electron chi connectivity index (χ1n) is 7.65. The van der Waals surface area contributed by atoms with Gasteiger partial charge in [-0.1, -0.05) is 31.9 Å². The van der Waals surface area contributed by atoms with E-state index in [1.54, 1.807) is 20.4 Å². The summed E-state index contributed by atoms with van der Waals surface area (Å²) in [6, 6.07) is 0.0433. The molecule has 1 N–H and O–H groups in total. The predicted octanol–water partition coefficient (Wildman–Crippen LogP) is 3.04. The van der Waals surface area contributed by atoms with Gasteiger partial charge in [0, 0.05) is 14.2 Å². The van der Waals surface area contributed by atoms with Crippen LogP contribution in [0.1, 0.15) is 44.8 Å². The fraction of sp³-hybridized carbons (Fsp3) is 0.800. The van der Waals surface area contributed by atoms with E-state index in [0.29, 0.717) is 18.2 Å². The summed E-state index contributed by atoms with van der Waals surface area (Å²) in [6.07, 6.45) is 4.88. The summed E-state index contributed by atoms with van der Waals surface area (Å²) in [6.45, 7) is 6.52. The van der Waals surface area contributed by atoms with Crippen LogP contribution < -0.4 is 5.32 Å². The van der Waals surface area contributed by atoms with Crippen LogP contribution in [-0.2, 0) is 16.0 Å². The van der Waals surface area contributed by atoms with Crippen LogP contribution in [0.2, 0.25) is 5.02 Å². The summed E-state index contributed by atoms with van der Waals surface area (Å²) in [5.41, 5.74) is 0.988. The molecule has 0 aromatic carbocycles. The summed E-state index contributed by atoms with van der Waals surface area (Å²) in [7, 11) is 3.44. The lowest BCUT2D eigenvalue weighted by Crippen LogP contribution is -2.36. The number of rotatable bonds is 11. The Hall–Kier alpha value is -0.620. The molecule has 1 rings (SSSR count). The lowest BCUT2D eigenvalue weighted by molar-refractivity contribution is 0.0572. The maximum Gasteiger partial charge on any atom is 0.0835 e. The zero-order valence-electron chi connectivity index (χ0n) is 13.6. The molecule has 0 saturated carbocycles. The van der Waals surface area contributed by atoms with Gasteiger partial charge in [0.25, 0.3) is 0 Å². The molecule has 1 heterocycles. The second-order valence-electron chi connectivity index (χ2n) is 5.09. The van der Waals surface area contributed by atoms with E-state index in [-0.39, 0.29) is 12.1 Å². The third kappa shape index (κ3) is 5.25. The SMILES string of the molecule is CCCNC(c1c(Cl)cnn1CCOC)C(CCC)OC. The van der Waals surface area contributed by atoms with Gasteiger partial charge in [-0.3, -0.25) is 4.68 Å². The van der Waals surface area contributed by atoms with Crippen LogP contribution in [-0.4, -0.2) is 43.3 Å². The smallest absolute Gasteiger partial charge is 0.0835 e. The highest BCUT2D eigenvalue weighted by Crippen LogP contribution is 2.28. The van der Waals surface area contributed by atoms with Gasteiger partial charge in [-0.25, -0.2) is 0 Å². The van der Waals surface area contributed by atoms with Gasteiger partial charge in [-0.05, 0) is 19.4 Å². The first kappa shape index (κ1) is 18.4. The number of halogens is 1. The van der Waals surface area contributed by atoms with Crippen molar-refractivity contribution in [2.45, 2.75) is 51.8 Å². The maximum atomic E-state index is 6.38. The van der Waals surface area contributed by atoms with E-state index >= 15 is 0 Å². The zero-order chi connectivity index (χ0) is 15.7. The van der Waals surface area contributed by atoms with Gasteiger partial charge in [0.2, 0.25) is 0 Å².